The number of para-hydroxylation sites is 1. The van der Waals surface area contributed by atoms with Crippen molar-refractivity contribution in [1.82, 2.24) is 9.55 Å². The van der Waals surface area contributed by atoms with Crippen LogP contribution in [-0.2, 0) is 0 Å². The lowest BCUT2D eigenvalue weighted by atomic mass is 10.2. The summed E-state index contributed by atoms with van der Waals surface area (Å²) in [5.74, 6) is 0.301. The van der Waals surface area contributed by atoms with E-state index in [0.717, 1.165) is 21.2 Å². The van der Waals surface area contributed by atoms with Crippen LogP contribution in [0.25, 0.3) is 16.7 Å². The van der Waals surface area contributed by atoms with Gasteiger partial charge in [0.15, 0.2) is 5.82 Å². The van der Waals surface area contributed by atoms with Crippen molar-refractivity contribution < 1.29 is 4.39 Å². The summed E-state index contributed by atoms with van der Waals surface area (Å²) in [5, 5.41) is -0.324. The molecule has 0 fully saturated rings. The molecule has 0 aliphatic carbocycles. The van der Waals surface area contributed by atoms with Gasteiger partial charge in [-0.1, -0.05) is 28.1 Å². The molecule has 1 aromatic heterocycles. The van der Waals surface area contributed by atoms with E-state index in [1.54, 1.807) is 6.07 Å². The second-order valence-corrected chi connectivity index (χ2v) is 6.53. The Bertz CT molecular complexity index is 827. The minimum Gasteiger partial charge on any atom is -0.295 e. The SMILES string of the molecule is Cc1ccc(Br)cc1-n1c(C(C)Cl)nc2c(F)cccc21. The van der Waals surface area contributed by atoms with Gasteiger partial charge in [-0.25, -0.2) is 9.37 Å². The van der Waals surface area contributed by atoms with Crippen molar-refractivity contribution in [1.29, 1.82) is 0 Å². The van der Waals surface area contributed by atoms with Gasteiger partial charge in [-0.2, -0.15) is 0 Å². The molecule has 21 heavy (non-hydrogen) atoms. The molecule has 0 amide bonds. The number of halogens is 3. The van der Waals surface area contributed by atoms with Gasteiger partial charge in [0, 0.05) is 4.47 Å². The molecule has 3 aromatic rings. The van der Waals surface area contributed by atoms with E-state index in [1.165, 1.54) is 6.07 Å². The average molecular weight is 368 g/mol. The number of nitrogens with zero attached hydrogens (tertiary/aromatic N) is 2. The highest BCUT2D eigenvalue weighted by atomic mass is 79.9. The average Bonchev–Trinajstić information content (AvgIpc) is 2.82. The number of aromatic nitrogens is 2. The summed E-state index contributed by atoms with van der Waals surface area (Å²) in [5.41, 5.74) is 3.08. The Labute approximate surface area is 135 Å². The van der Waals surface area contributed by atoms with Crippen LogP contribution in [0.15, 0.2) is 40.9 Å². The van der Waals surface area contributed by atoms with Gasteiger partial charge in [-0.3, -0.25) is 4.57 Å². The van der Waals surface area contributed by atoms with Crippen LogP contribution in [0.2, 0.25) is 0 Å². The van der Waals surface area contributed by atoms with Crippen LogP contribution in [-0.4, -0.2) is 9.55 Å². The monoisotopic (exact) mass is 366 g/mol. The fourth-order valence-electron chi connectivity index (χ4n) is 2.43. The number of benzene rings is 2. The molecule has 0 saturated carbocycles. The van der Waals surface area contributed by atoms with Crippen LogP contribution in [0.5, 0.6) is 0 Å². The molecule has 1 unspecified atom stereocenters. The molecule has 0 saturated heterocycles. The van der Waals surface area contributed by atoms with Gasteiger partial charge in [0.05, 0.1) is 16.6 Å². The number of fused-ring (bicyclic) bond motifs is 1. The largest absolute Gasteiger partial charge is 0.295 e. The van der Waals surface area contributed by atoms with E-state index in [4.69, 9.17) is 11.6 Å². The van der Waals surface area contributed by atoms with E-state index in [2.05, 4.69) is 20.9 Å². The molecule has 2 nitrogen and oxygen atoms in total. The van der Waals surface area contributed by atoms with Gasteiger partial charge >= 0.3 is 0 Å². The Morgan fingerprint density at radius 2 is 2.05 bits per heavy atom. The van der Waals surface area contributed by atoms with E-state index in [1.807, 2.05) is 42.7 Å². The topological polar surface area (TPSA) is 17.8 Å². The first kappa shape index (κ1) is 14.5. The molecule has 0 N–H and O–H groups in total. The second kappa shape index (κ2) is 5.43. The number of aryl methyl sites for hydroxylation is 1. The molecule has 0 radical (unpaired) electrons. The van der Waals surface area contributed by atoms with Crippen molar-refractivity contribution in [3.05, 3.63) is 58.1 Å². The number of rotatable bonds is 2. The zero-order chi connectivity index (χ0) is 15.1. The molecule has 2 aromatic carbocycles. The molecule has 108 valence electrons. The first-order valence-corrected chi connectivity index (χ1v) is 7.79. The van der Waals surface area contributed by atoms with E-state index in [0.29, 0.717) is 11.3 Å². The molecule has 0 spiro atoms. The standard InChI is InChI=1S/C16H13BrClFN2/c1-9-6-7-11(17)8-14(9)21-13-5-3-4-12(19)15(13)20-16(21)10(2)18/h3-8,10H,1-2H3. The van der Waals surface area contributed by atoms with Gasteiger partial charge in [-0.05, 0) is 43.7 Å². The maximum absolute atomic E-state index is 14.0. The summed E-state index contributed by atoms with van der Waals surface area (Å²) in [4.78, 5) is 4.40. The third-order valence-corrected chi connectivity index (χ3v) is 4.12. The van der Waals surface area contributed by atoms with Crippen LogP contribution in [0.3, 0.4) is 0 Å². The maximum atomic E-state index is 14.0. The normalized spacial score (nSPS) is 12.8. The molecular weight excluding hydrogens is 355 g/mol. The zero-order valence-corrected chi connectivity index (χ0v) is 13.9. The molecule has 0 bridgehead atoms. The third-order valence-electron chi connectivity index (χ3n) is 3.43. The van der Waals surface area contributed by atoms with Crippen molar-refractivity contribution in [2.75, 3.05) is 0 Å². The minimum absolute atomic E-state index is 0.324. The highest BCUT2D eigenvalue weighted by molar-refractivity contribution is 9.10. The van der Waals surface area contributed by atoms with Gasteiger partial charge in [0.25, 0.3) is 0 Å². The molecule has 0 aliphatic rings. The van der Waals surface area contributed by atoms with Crippen molar-refractivity contribution in [2.45, 2.75) is 19.2 Å². The van der Waals surface area contributed by atoms with Crippen molar-refractivity contribution in [2.24, 2.45) is 0 Å². The molecule has 0 aliphatic heterocycles. The smallest absolute Gasteiger partial charge is 0.151 e. The van der Waals surface area contributed by atoms with Gasteiger partial charge in [0.2, 0.25) is 0 Å². The Kier molecular flexibility index (Phi) is 3.76. The van der Waals surface area contributed by atoms with Crippen molar-refractivity contribution in [3.63, 3.8) is 0 Å². The maximum Gasteiger partial charge on any atom is 0.151 e. The van der Waals surface area contributed by atoms with Crippen molar-refractivity contribution in [3.8, 4) is 5.69 Å². The number of imidazole rings is 1. The highest BCUT2D eigenvalue weighted by Crippen LogP contribution is 2.31. The quantitative estimate of drug-likeness (QED) is 0.544. The summed E-state index contributed by atoms with van der Waals surface area (Å²) in [6.07, 6.45) is 0. The number of alkyl halides is 1. The Hall–Kier alpha value is -1.39. The third kappa shape index (κ3) is 2.47. The van der Waals surface area contributed by atoms with Crippen LogP contribution < -0.4 is 0 Å². The molecule has 5 heteroatoms. The van der Waals surface area contributed by atoms with E-state index in [-0.39, 0.29) is 11.2 Å². The second-order valence-electron chi connectivity index (χ2n) is 4.96. The molecule has 1 heterocycles. The van der Waals surface area contributed by atoms with Crippen LogP contribution in [0.1, 0.15) is 23.7 Å². The summed E-state index contributed by atoms with van der Waals surface area (Å²) < 4.78 is 16.9. The molecule has 3 rings (SSSR count). The number of hydrogen-bond donors (Lipinski definition) is 0. The van der Waals surface area contributed by atoms with Gasteiger partial charge < -0.3 is 0 Å². The van der Waals surface area contributed by atoms with E-state index < -0.39 is 0 Å². The summed E-state index contributed by atoms with van der Waals surface area (Å²) in [6.45, 7) is 3.85. The summed E-state index contributed by atoms with van der Waals surface area (Å²) in [6, 6.07) is 10.9. The Balaban J connectivity index is 2.42. The Morgan fingerprint density at radius 1 is 1.29 bits per heavy atom. The first-order valence-electron chi connectivity index (χ1n) is 6.56. The predicted octanol–water partition coefficient (Wildman–Crippen LogP) is 5.54. The van der Waals surface area contributed by atoms with Crippen LogP contribution in [0.4, 0.5) is 4.39 Å². The van der Waals surface area contributed by atoms with Crippen LogP contribution >= 0.6 is 27.5 Å². The van der Waals surface area contributed by atoms with Crippen LogP contribution in [0, 0.1) is 12.7 Å². The molecule has 1 atom stereocenters. The first-order chi connectivity index (χ1) is 9.99. The van der Waals surface area contributed by atoms with Crippen molar-refractivity contribution >= 4 is 38.6 Å². The fourth-order valence-corrected chi connectivity index (χ4v) is 2.92. The van der Waals surface area contributed by atoms with E-state index in [9.17, 15) is 4.39 Å². The summed E-state index contributed by atoms with van der Waals surface area (Å²) in [7, 11) is 0. The fraction of sp³-hybridized carbons (Fsp3) is 0.188. The predicted molar refractivity (Wildman–Crippen MR) is 87.7 cm³/mol. The zero-order valence-electron chi connectivity index (χ0n) is 11.6. The lowest BCUT2D eigenvalue weighted by Crippen LogP contribution is -2.03. The Morgan fingerprint density at radius 3 is 2.76 bits per heavy atom. The summed E-state index contributed by atoms with van der Waals surface area (Å²) >= 11 is 9.74. The lowest BCUT2D eigenvalue weighted by molar-refractivity contribution is 0.637. The highest BCUT2D eigenvalue weighted by Gasteiger charge is 2.19. The van der Waals surface area contributed by atoms with E-state index >= 15 is 0 Å². The number of hydrogen-bond acceptors (Lipinski definition) is 1. The van der Waals surface area contributed by atoms with Gasteiger partial charge in [0.1, 0.15) is 11.3 Å². The minimum atomic E-state index is -0.336. The molecular formula is C16H13BrClFN2. The lowest BCUT2D eigenvalue weighted by Gasteiger charge is -2.13. The van der Waals surface area contributed by atoms with Gasteiger partial charge in [-0.15, -0.1) is 11.6 Å².